The molecule has 12 heavy (non-hydrogen) atoms. The number of nitrogens with one attached hydrogen (secondary N) is 2. The van der Waals surface area contributed by atoms with Crippen molar-refractivity contribution in [3.05, 3.63) is 0 Å². The Morgan fingerprint density at radius 1 is 1.83 bits per heavy atom. The van der Waals surface area contributed by atoms with Gasteiger partial charge in [-0.2, -0.15) is 0 Å². The Kier molecular flexibility index (Phi) is 3.49. The van der Waals surface area contributed by atoms with Gasteiger partial charge in [0.25, 0.3) is 0 Å². The van der Waals surface area contributed by atoms with E-state index in [2.05, 4.69) is 10.6 Å². The summed E-state index contributed by atoms with van der Waals surface area (Å²) in [5, 5.41) is 14.9. The van der Waals surface area contributed by atoms with E-state index >= 15 is 0 Å². The van der Waals surface area contributed by atoms with Crippen LogP contribution in [0, 0.1) is 0 Å². The fourth-order valence-corrected chi connectivity index (χ4v) is 1.24. The second kappa shape index (κ2) is 4.42. The standard InChI is InChI=1S/C8H16N2O2/c1-6(11)4-9-7-2-3-8(12)10-5-7/h6-7,9,11H,2-5H2,1H3,(H,10,12). The lowest BCUT2D eigenvalue weighted by Crippen LogP contribution is -2.47. The van der Waals surface area contributed by atoms with Gasteiger partial charge in [0.15, 0.2) is 0 Å². The fraction of sp³-hybridized carbons (Fsp3) is 0.875. The van der Waals surface area contributed by atoms with Gasteiger partial charge in [-0.15, -0.1) is 0 Å². The van der Waals surface area contributed by atoms with Crippen molar-refractivity contribution in [2.75, 3.05) is 13.1 Å². The zero-order valence-electron chi connectivity index (χ0n) is 7.34. The molecule has 70 valence electrons. The first kappa shape index (κ1) is 9.48. The molecule has 0 radical (unpaired) electrons. The molecule has 1 aliphatic heterocycles. The number of carbonyl (C=O) groups excluding carboxylic acids is 1. The summed E-state index contributed by atoms with van der Waals surface area (Å²) in [6.45, 7) is 3.03. The van der Waals surface area contributed by atoms with Crippen molar-refractivity contribution in [2.45, 2.75) is 31.9 Å². The number of hydrogen-bond acceptors (Lipinski definition) is 3. The van der Waals surface area contributed by atoms with Crippen LogP contribution in [0.4, 0.5) is 0 Å². The second-order valence-corrected chi connectivity index (χ2v) is 3.30. The summed E-state index contributed by atoms with van der Waals surface area (Å²) in [6, 6.07) is 0.331. The van der Waals surface area contributed by atoms with Crippen LogP contribution < -0.4 is 10.6 Å². The Bertz CT molecular complexity index is 149. The van der Waals surface area contributed by atoms with Crippen LogP contribution in [0.25, 0.3) is 0 Å². The molecule has 0 bridgehead atoms. The normalized spacial score (nSPS) is 26.5. The molecule has 1 heterocycles. The summed E-state index contributed by atoms with van der Waals surface area (Å²) >= 11 is 0. The van der Waals surface area contributed by atoms with Crippen LogP contribution in [0.1, 0.15) is 19.8 Å². The summed E-state index contributed by atoms with van der Waals surface area (Å²) in [5.74, 6) is 0.130. The van der Waals surface area contributed by atoms with E-state index in [1.807, 2.05) is 0 Å². The Labute approximate surface area is 72.3 Å². The molecule has 1 rings (SSSR count). The van der Waals surface area contributed by atoms with E-state index in [1.54, 1.807) is 6.92 Å². The van der Waals surface area contributed by atoms with Gasteiger partial charge in [0.2, 0.25) is 5.91 Å². The highest BCUT2D eigenvalue weighted by Crippen LogP contribution is 2.01. The number of amides is 1. The maximum Gasteiger partial charge on any atom is 0.220 e. The molecule has 0 aromatic carbocycles. The zero-order valence-corrected chi connectivity index (χ0v) is 7.34. The highest BCUT2D eigenvalue weighted by Gasteiger charge is 2.17. The SMILES string of the molecule is CC(O)CNC1CCC(=O)NC1. The van der Waals surface area contributed by atoms with Gasteiger partial charge in [0.05, 0.1) is 6.10 Å². The first-order valence-corrected chi connectivity index (χ1v) is 4.36. The van der Waals surface area contributed by atoms with Gasteiger partial charge in [-0.25, -0.2) is 0 Å². The zero-order chi connectivity index (χ0) is 8.97. The van der Waals surface area contributed by atoms with Gasteiger partial charge in [0, 0.05) is 25.6 Å². The van der Waals surface area contributed by atoms with E-state index in [0.29, 0.717) is 25.6 Å². The molecule has 0 aliphatic carbocycles. The number of carbonyl (C=O) groups is 1. The third kappa shape index (κ3) is 3.19. The van der Waals surface area contributed by atoms with Gasteiger partial charge in [0.1, 0.15) is 0 Å². The van der Waals surface area contributed by atoms with Crippen molar-refractivity contribution in [1.82, 2.24) is 10.6 Å². The molecule has 0 saturated carbocycles. The largest absolute Gasteiger partial charge is 0.392 e. The highest BCUT2D eigenvalue weighted by atomic mass is 16.3. The summed E-state index contributed by atoms with van der Waals surface area (Å²) in [4.78, 5) is 10.8. The second-order valence-electron chi connectivity index (χ2n) is 3.30. The molecular weight excluding hydrogens is 156 g/mol. The molecular formula is C8H16N2O2. The van der Waals surface area contributed by atoms with Crippen LogP contribution in [0.15, 0.2) is 0 Å². The topological polar surface area (TPSA) is 61.4 Å². The van der Waals surface area contributed by atoms with Crippen molar-refractivity contribution in [1.29, 1.82) is 0 Å². The lowest BCUT2D eigenvalue weighted by molar-refractivity contribution is -0.122. The van der Waals surface area contributed by atoms with Gasteiger partial charge >= 0.3 is 0 Å². The predicted octanol–water partition coefficient (Wildman–Crippen LogP) is -0.765. The Morgan fingerprint density at radius 3 is 3.08 bits per heavy atom. The average Bonchev–Trinajstić information content (AvgIpc) is 2.03. The summed E-state index contributed by atoms with van der Waals surface area (Å²) in [7, 11) is 0. The van der Waals surface area contributed by atoms with E-state index in [-0.39, 0.29) is 12.0 Å². The third-order valence-electron chi connectivity index (χ3n) is 1.97. The first-order chi connectivity index (χ1) is 5.68. The van der Waals surface area contributed by atoms with Gasteiger partial charge in [-0.05, 0) is 13.3 Å². The first-order valence-electron chi connectivity index (χ1n) is 4.36. The molecule has 0 aromatic heterocycles. The molecule has 1 amide bonds. The quantitative estimate of drug-likeness (QED) is 0.524. The maximum atomic E-state index is 10.8. The molecule has 4 nitrogen and oxygen atoms in total. The number of aliphatic hydroxyl groups excluding tert-OH is 1. The minimum Gasteiger partial charge on any atom is -0.392 e. The van der Waals surface area contributed by atoms with Gasteiger partial charge in [-0.3, -0.25) is 4.79 Å². The summed E-state index contributed by atoms with van der Waals surface area (Å²) < 4.78 is 0. The van der Waals surface area contributed by atoms with Crippen molar-refractivity contribution in [3.63, 3.8) is 0 Å². The van der Waals surface area contributed by atoms with Crippen molar-refractivity contribution in [2.24, 2.45) is 0 Å². The highest BCUT2D eigenvalue weighted by molar-refractivity contribution is 5.76. The molecule has 0 spiro atoms. The van der Waals surface area contributed by atoms with Crippen LogP contribution >= 0.6 is 0 Å². The molecule has 0 aromatic rings. The maximum absolute atomic E-state index is 10.8. The summed E-state index contributed by atoms with van der Waals surface area (Å²) in [6.07, 6.45) is 1.15. The molecule has 1 aliphatic rings. The van der Waals surface area contributed by atoms with E-state index in [0.717, 1.165) is 6.42 Å². The van der Waals surface area contributed by atoms with E-state index in [1.165, 1.54) is 0 Å². The van der Waals surface area contributed by atoms with Crippen LogP contribution in [-0.2, 0) is 4.79 Å². The third-order valence-corrected chi connectivity index (χ3v) is 1.97. The Balaban J connectivity index is 2.13. The molecule has 4 heteroatoms. The molecule has 1 fully saturated rings. The van der Waals surface area contributed by atoms with Crippen LogP contribution in [0.5, 0.6) is 0 Å². The average molecular weight is 172 g/mol. The van der Waals surface area contributed by atoms with Crippen molar-refractivity contribution >= 4 is 5.91 Å². The minimum atomic E-state index is -0.317. The van der Waals surface area contributed by atoms with E-state index in [9.17, 15) is 4.79 Å². The number of piperidine rings is 1. The molecule has 2 atom stereocenters. The lowest BCUT2D eigenvalue weighted by Gasteiger charge is -2.24. The van der Waals surface area contributed by atoms with Crippen LogP contribution in [0.2, 0.25) is 0 Å². The van der Waals surface area contributed by atoms with Gasteiger partial charge in [-0.1, -0.05) is 0 Å². The van der Waals surface area contributed by atoms with Crippen LogP contribution in [0.3, 0.4) is 0 Å². The molecule has 3 N–H and O–H groups in total. The minimum absolute atomic E-state index is 0.130. The summed E-state index contributed by atoms with van der Waals surface area (Å²) in [5.41, 5.74) is 0. The Hall–Kier alpha value is -0.610. The predicted molar refractivity (Wildman–Crippen MR) is 45.7 cm³/mol. The van der Waals surface area contributed by atoms with Crippen LogP contribution in [-0.4, -0.2) is 36.2 Å². The number of rotatable bonds is 3. The molecule has 2 unspecified atom stereocenters. The van der Waals surface area contributed by atoms with Crippen molar-refractivity contribution in [3.8, 4) is 0 Å². The van der Waals surface area contributed by atoms with E-state index in [4.69, 9.17) is 5.11 Å². The van der Waals surface area contributed by atoms with Crippen molar-refractivity contribution < 1.29 is 9.90 Å². The number of aliphatic hydroxyl groups is 1. The Morgan fingerprint density at radius 2 is 2.58 bits per heavy atom. The van der Waals surface area contributed by atoms with E-state index < -0.39 is 0 Å². The lowest BCUT2D eigenvalue weighted by atomic mass is 10.1. The smallest absolute Gasteiger partial charge is 0.220 e. The van der Waals surface area contributed by atoms with Gasteiger partial charge < -0.3 is 15.7 Å². The number of hydrogen-bond donors (Lipinski definition) is 3. The fourth-order valence-electron chi connectivity index (χ4n) is 1.24. The molecule has 1 saturated heterocycles. The monoisotopic (exact) mass is 172 g/mol.